The molecule has 21 heavy (non-hydrogen) atoms. The topological polar surface area (TPSA) is 59.6 Å². The minimum Gasteiger partial charge on any atom is -0.444 e. The average molecular weight is 335 g/mol. The van der Waals surface area contributed by atoms with Crippen molar-refractivity contribution in [3.8, 4) is 0 Å². The monoisotopic (exact) mass is 334 g/mol. The van der Waals surface area contributed by atoms with E-state index >= 15 is 0 Å². The van der Waals surface area contributed by atoms with Crippen molar-refractivity contribution in [2.45, 2.75) is 65.3 Å². The van der Waals surface area contributed by atoms with Crippen LogP contribution in [0.15, 0.2) is 0 Å². The van der Waals surface area contributed by atoms with Gasteiger partial charge in [0.1, 0.15) is 5.60 Å². The van der Waals surface area contributed by atoms with E-state index in [1.54, 1.807) is 20.8 Å². The predicted molar refractivity (Wildman–Crippen MR) is 93.1 cm³/mol. The third kappa shape index (κ3) is 9.05. The highest BCUT2D eigenvalue weighted by Crippen LogP contribution is 2.36. The Morgan fingerprint density at radius 2 is 1.67 bits per heavy atom. The molecule has 0 atom stereocenters. The van der Waals surface area contributed by atoms with Crippen LogP contribution in [0.5, 0.6) is 0 Å². The first-order valence-corrected chi connectivity index (χ1v) is 10.5. The molecule has 0 aliphatic rings. The fraction of sp³-hybridized carbons (Fsp3) is 0.857. The number of ether oxygens (including phenoxy) is 1. The van der Waals surface area contributed by atoms with Gasteiger partial charge in [-0.3, -0.25) is 5.32 Å². The summed E-state index contributed by atoms with van der Waals surface area (Å²) in [4.78, 5) is 11.5. The molecule has 0 unspecified atom stereocenters. The van der Waals surface area contributed by atoms with Gasteiger partial charge in [-0.1, -0.05) is 20.8 Å². The highest BCUT2D eigenvalue weighted by atomic mass is 32.1. The second-order valence-electron chi connectivity index (χ2n) is 7.49. The van der Waals surface area contributed by atoms with E-state index in [2.05, 4.69) is 44.5 Å². The van der Waals surface area contributed by atoms with E-state index in [1.165, 1.54) is 0 Å². The average Bonchev–Trinajstić information content (AvgIpc) is 2.19. The van der Waals surface area contributed by atoms with Crippen molar-refractivity contribution in [3.63, 3.8) is 0 Å². The van der Waals surface area contributed by atoms with Crippen LogP contribution in [0.25, 0.3) is 0 Å². The number of amides is 1. The van der Waals surface area contributed by atoms with Gasteiger partial charge in [0.2, 0.25) is 0 Å². The van der Waals surface area contributed by atoms with Crippen molar-refractivity contribution < 1.29 is 14.0 Å². The smallest absolute Gasteiger partial charge is 0.413 e. The summed E-state index contributed by atoms with van der Waals surface area (Å²) >= 11 is 5.03. The van der Waals surface area contributed by atoms with Gasteiger partial charge in [-0.15, -0.1) is 0 Å². The molecular weight excluding hydrogens is 304 g/mol. The Balaban J connectivity index is 3.99. The SMILES string of the molecule is CC(C)(C)OC(=O)NC(=S)NCCO[Si](C)(C)C(C)(C)C. The second kappa shape index (κ2) is 7.55. The lowest BCUT2D eigenvalue weighted by Crippen LogP contribution is -2.45. The summed E-state index contributed by atoms with van der Waals surface area (Å²) in [5.74, 6) is 0. The fourth-order valence-corrected chi connectivity index (χ4v) is 2.36. The molecule has 2 N–H and O–H groups in total. The Hall–Kier alpha value is -0.663. The van der Waals surface area contributed by atoms with Crippen LogP contribution in [0.4, 0.5) is 4.79 Å². The van der Waals surface area contributed by atoms with Crippen LogP contribution < -0.4 is 10.6 Å². The van der Waals surface area contributed by atoms with Crippen molar-refractivity contribution in [2.75, 3.05) is 13.2 Å². The summed E-state index contributed by atoms with van der Waals surface area (Å²) < 4.78 is 11.1. The number of thiocarbonyl (C=S) groups is 1. The van der Waals surface area contributed by atoms with E-state index in [0.717, 1.165) is 0 Å². The molecule has 0 bridgehead atoms. The Morgan fingerprint density at radius 3 is 2.10 bits per heavy atom. The molecule has 0 aromatic rings. The minimum absolute atomic E-state index is 0.183. The van der Waals surface area contributed by atoms with E-state index in [0.29, 0.717) is 13.2 Å². The number of carbonyl (C=O) groups is 1. The molecule has 0 saturated heterocycles. The summed E-state index contributed by atoms with van der Waals surface area (Å²) in [6.45, 7) is 17.5. The molecule has 0 aliphatic carbocycles. The first kappa shape index (κ1) is 20.3. The number of hydrogen-bond donors (Lipinski definition) is 2. The molecule has 7 heteroatoms. The number of hydrogen-bond acceptors (Lipinski definition) is 4. The lowest BCUT2D eigenvalue weighted by molar-refractivity contribution is 0.0562. The number of nitrogens with one attached hydrogen (secondary N) is 2. The first-order chi connectivity index (χ1) is 9.24. The summed E-state index contributed by atoms with van der Waals surface area (Å²) in [5.41, 5.74) is -0.537. The largest absolute Gasteiger partial charge is 0.444 e. The van der Waals surface area contributed by atoms with Crippen LogP contribution >= 0.6 is 12.2 Å². The summed E-state index contributed by atoms with van der Waals surface area (Å²) in [6, 6.07) is 0. The number of carbonyl (C=O) groups excluding carboxylic acids is 1. The van der Waals surface area contributed by atoms with Crippen LogP contribution in [0.1, 0.15) is 41.5 Å². The molecule has 1 amide bonds. The number of alkyl carbamates (subject to hydrolysis) is 1. The standard InChI is InChI=1S/C14H30N2O3SSi/c1-13(2,3)19-12(17)16-11(20)15-9-10-18-21(7,8)14(4,5)6/h9-10H2,1-8H3,(H2,15,16,17,20). The zero-order valence-electron chi connectivity index (χ0n) is 14.5. The Morgan fingerprint density at radius 1 is 1.14 bits per heavy atom. The van der Waals surface area contributed by atoms with Crippen LogP contribution in [-0.2, 0) is 9.16 Å². The van der Waals surface area contributed by atoms with Gasteiger partial charge < -0.3 is 14.5 Å². The minimum atomic E-state index is -1.74. The molecule has 5 nitrogen and oxygen atoms in total. The van der Waals surface area contributed by atoms with Gasteiger partial charge in [-0.25, -0.2) is 4.79 Å². The quantitative estimate of drug-likeness (QED) is 0.469. The lowest BCUT2D eigenvalue weighted by atomic mass is 10.2. The molecule has 124 valence electrons. The third-order valence-electron chi connectivity index (χ3n) is 3.27. The van der Waals surface area contributed by atoms with Gasteiger partial charge in [0.25, 0.3) is 0 Å². The van der Waals surface area contributed by atoms with Gasteiger partial charge in [0.15, 0.2) is 13.4 Å². The van der Waals surface area contributed by atoms with Crippen LogP contribution in [0, 0.1) is 0 Å². The molecule has 0 radical (unpaired) electrons. The Labute approximate surface area is 135 Å². The molecule has 0 saturated carbocycles. The maximum Gasteiger partial charge on any atom is 0.413 e. The van der Waals surface area contributed by atoms with Gasteiger partial charge in [0, 0.05) is 6.54 Å². The molecule has 0 heterocycles. The van der Waals surface area contributed by atoms with Crippen molar-refractivity contribution in [2.24, 2.45) is 0 Å². The van der Waals surface area contributed by atoms with E-state index in [4.69, 9.17) is 21.4 Å². The normalized spacial score (nSPS) is 12.8. The van der Waals surface area contributed by atoms with Crippen molar-refractivity contribution in [1.82, 2.24) is 10.6 Å². The van der Waals surface area contributed by atoms with E-state index in [-0.39, 0.29) is 10.2 Å². The zero-order valence-corrected chi connectivity index (χ0v) is 16.4. The van der Waals surface area contributed by atoms with Gasteiger partial charge in [-0.2, -0.15) is 0 Å². The van der Waals surface area contributed by atoms with Crippen molar-refractivity contribution in [3.05, 3.63) is 0 Å². The Bertz CT molecular complexity index is 373. The third-order valence-corrected chi connectivity index (χ3v) is 8.06. The maximum atomic E-state index is 11.5. The van der Waals surface area contributed by atoms with Gasteiger partial charge in [-0.05, 0) is 51.1 Å². The molecule has 0 rings (SSSR count). The molecule has 0 spiro atoms. The maximum absolute atomic E-state index is 11.5. The van der Waals surface area contributed by atoms with E-state index < -0.39 is 20.0 Å². The summed E-state index contributed by atoms with van der Waals surface area (Å²) in [5, 5.41) is 5.86. The molecular formula is C14H30N2O3SSi. The summed E-state index contributed by atoms with van der Waals surface area (Å²) in [7, 11) is -1.74. The zero-order chi connectivity index (χ0) is 16.9. The van der Waals surface area contributed by atoms with Crippen LogP contribution in [0.3, 0.4) is 0 Å². The molecule has 0 aliphatic heterocycles. The number of rotatable bonds is 4. The highest BCUT2D eigenvalue weighted by Gasteiger charge is 2.36. The highest BCUT2D eigenvalue weighted by molar-refractivity contribution is 7.80. The fourth-order valence-electron chi connectivity index (χ4n) is 1.13. The first-order valence-electron chi connectivity index (χ1n) is 7.16. The van der Waals surface area contributed by atoms with Gasteiger partial charge in [0.05, 0.1) is 6.61 Å². The predicted octanol–water partition coefficient (Wildman–Crippen LogP) is 3.41. The van der Waals surface area contributed by atoms with Gasteiger partial charge >= 0.3 is 6.09 Å². The lowest BCUT2D eigenvalue weighted by Gasteiger charge is -2.36. The molecule has 0 fully saturated rings. The Kier molecular flexibility index (Phi) is 7.32. The molecule has 0 aromatic heterocycles. The van der Waals surface area contributed by atoms with E-state index in [1.807, 2.05) is 0 Å². The van der Waals surface area contributed by atoms with Crippen LogP contribution in [-0.4, -0.2) is 38.3 Å². The van der Waals surface area contributed by atoms with E-state index in [9.17, 15) is 4.79 Å². The molecule has 0 aromatic carbocycles. The van der Waals surface area contributed by atoms with Crippen LogP contribution in [0.2, 0.25) is 18.1 Å². The van der Waals surface area contributed by atoms with Crippen molar-refractivity contribution >= 4 is 31.7 Å². The summed E-state index contributed by atoms with van der Waals surface area (Å²) in [6.07, 6.45) is -0.551. The second-order valence-corrected chi connectivity index (χ2v) is 12.7. The van der Waals surface area contributed by atoms with Crippen molar-refractivity contribution in [1.29, 1.82) is 0 Å².